The summed E-state index contributed by atoms with van der Waals surface area (Å²) in [4.78, 5) is 12.3. The average Bonchev–Trinajstić information content (AvgIpc) is 2.70. The molecule has 108 valence electrons. The number of aliphatic hydroxyl groups is 1. The smallest absolute Gasteiger partial charge is 0.167 e. The van der Waals surface area contributed by atoms with Gasteiger partial charge in [-0.3, -0.25) is 4.79 Å². The maximum absolute atomic E-state index is 12.3. The molecular formula is C18H18O3. The highest BCUT2D eigenvalue weighted by atomic mass is 16.3. The molecule has 1 fully saturated rings. The second-order valence-corrected chi connectivity index (χ2v) is 6.62. The summed E-state index contributed by atoms with van der Waals surface area (Å²) in [6.07, 6.45) is 1.36. The maximum atomic E-state index is 12.3. The Bertz CT molecular complexity index is 764. The van der Waals surface area contributed by atoms with E-state index in [4.69, 9.17) is 0 Å². The summed E-state index contributed by atoms with van der Waals surface area (Å²) in [5.41, 5.74) is 2.06. The number of Topliss-reactive ketones (excluding diaryl/α,β-unsaturated/α-hetero) is 1. The minimum Gasteiger partial charge on any atom is -0.508 e. The fraction of sp³-hybridized carbons (Fsp3) is 0.389. The van der Waals surface area contributed by atoms with E-state index in [9.17, 15) is 15.0 Å². The van der Waals surface area contributed by atoms with Crippen LogP contribution in [-0.2, 0) is 11.2 Å². The van der Waals surface area contributed by atoms with E-state index in [-0.39, 0.29) is 17.5 Å². The van der Waals surface area contributed by atoms with Crippen LogP contribution in [-0.4, -0.2) is 22.1 Å². The van der Waals surface area contributed by atoms with Crippen LogP contribution in [0.4, 0.5) is 0 Å². The fourth-order valence-corrected chi connectivity index (χ4v) is 4.30. The number of aromatic hydroxyl groups is 1. The summed E-state index contributed by atoms with van der Waals surface area (Å²) in [6.45, 7) is 2.00. The molecule has 3 nitrogen and oxygen atoms in total. The molecule has 2 aromatic rings. The average molecular weight is 282 g/mol. The molecule has 2 N–H and O–H groups in total. The number of rotatable bonds is 0. The highest BCUT2D eigenvalue weighted by molar-refractivity contribution is 5.94. The van der Waals surface area contributed by atoms with E-state index in [1.165, 1.54) is 11.1 Å². The van der Waals surface area contributed by atoms with Gasteiger partial charge in [-0.1, -0.05) is 25.1 Å². The van der Waals surface area contributed by atoms with Crippen molar-refractivity contribution in [2.45, 2.75) is 38.2 Å². The monoisotopic (exact) mass is 282 g/mol. The number of phenols is 1. The number of aliphatic hydroxyl groups excluding tert-OH is 1. The molecule has 2 aromatic carbocycles. The van der Waals surface area contributed by atoms with Gasteiger partial charge in [0.25, 0.3) is 0 Å². The molecule has 3 heteroatoms. The van der Waals surface area contributed by atoms with Gasteiger partial charge >= 0.3 is 0 Å². The predicted molar refractivity (Wildman–Crippen MR) is 80.4 cm³/mol. The summed E-state index contributed by atoms with van der Waals surface area (Å²) in [5, 5.41) is 21.8. The zero-order chi connectivity index (χ0) is 14.8. The van der Waals surface area contributed by atoms with Crippen LogP contribution in [0.15, 0.2) is 30.3 Å². The zero-order valence-corrected chi connectivity index (χ0v) is 12.0. The number of benzene rings is 2. The van der Waals surface area contributed by atoms with Gasteiger partial charge in [0.15, 0.2) is 5.78 Å². The van der Waals surface area contributed by atoms with Gasteiger partial charge in [-0.25, -0.2) is 0 Å². The van der Waals surface area contributed by atoms with E-state index in [1.54, 1.807) is 12.1 Å². The summed E-state index contributed by atoms with van der Waals surface area (Å²) in [6, 6.07) is 9.53. The van der Waals surface area contributed by atoms with E-state index in [0.29, 0.717) is 6.42 Å². The molecule has 3 unspecified atom stereocenters. The van der Waals surface area contributed by atoms with Gasteiger partial charge in [0.05, 0.1) is 0 Å². The Hall–Kier alpha value is -1.87. The molecule has 0 saturated heterocycles. The van der Waals surface area contributed by atoms with Crippen LogP contribution in [0.25, 0.3) is 10.8 Å². The third-order valence-electron chi connectivity index (χ3n) is 5.51. The van der Waals surface area contributed by atoms with Crippen molar-refractivity contribution in [3.8, 4) is 5.75 Å². The number of carbonyl (C=O) groups is 1. The topological polar surface area (TPSA) is 57.5 Å². The highest BCUT2D eigenvalue weighted by Gasteiger charge is 2.53. The number of hydrogen-bond donors (Lipinski definition) is 2. The fourth-order valence-electron chi connectivity index (χ4n) is 4.30. The lowest BCUT2D eigenvalue weighted by Gasteiger charge is -2.36. The molecule has 0 heterocycles. The molecule has 0 spiro atoms. The molecule has 0 bridgehead atoms. The van der Waals surface area contributed by atoms with Crippen molar-refractivity contribution >= 4 is 16.6 Å². The normalized spacial score (nSPS) is 31.2. The Morgan fingerprint density at radius 1 is 1.24 bits per heavy atom. The number of phenolic OH excluding ortho intramolecular Hbond substituents is 1. The number of aryl methyl sites for hydroxylation is 1. The lowest BCUT2D eigenvalue weighted by atomic mass is 9.66. The standard InChI is InChI=1S/C18H18O3/c1-18-7-6-13-12-5-3-11(19)8-10(12)2-4-14(13)15(18)9-16(20)17(18)21/h2-5,8,15-16,19-20H,6-7,9H2,1H3. The minimum atomic E-state index is -0.818. The van der Waals surface area contributed by atoms with Crippen molar-refractivity contribution in [1.82, 2.24) is 0 Å². The quantitative estimate of drug-likeness (QED) is 0.781. The molecule has 0 aromatic heterocycles. The Labute approximate surface area is 123 Å². The first-order valence-electron chi connectivity index (χ1n) is 7.47. The molecule has 0 radical (unpaired) electrons. The predicted octanol–water partition coefficient (Wildman–Crippen LogP) is 2.92. The first-order chi connectivity index (χ1) is 10.0. The number of fused-ring (bicyclic) bond motifs is 5. The van der Waals surface area contributed by atoms with Crippen LogP contribution in [0, 0.1) is 5.41 Å². The van der Waals surface area contributed by atoms with Gasteiger partial charge in [0.1, 0.15) is 11.9 Å². The van der Waals surface area contributed by atoms with Crippen LogP contribution < -0.4 is 0 Å². The molecule has 2 aliphatic carbocycles. The lowest BCUT2D eigenvalue weighted by Crippen LogP contribution is -2.34. The molecule has 21 heavy (non-hydrogen) atoms. The van der Waals surface area contributed by atoms with Crippen LogP contribution in [0.5, 0.6) is 5.75 Å². The number of hydrogen-bond acceptors (Lipinski definition) is 3. The third-order valence-corrected chi connectivity index (χ3v) is 5.51. The summed E-state index contributed by atoms with van der Waals surface area (Å²) < 4.78 is 0. The number of ketones is 1. The summed E-state index contributed by atoms with van der Waals surface area (Å²) >= 11 is 0. The van der Waals surface area contributed by atoms with Gasteiger partial charge in [-0.2, -0.15) is 0 Å². The number of carbonyl (C=O) groups excluding carboxylic acids is 1. The SMILES string of the molecule is CC12CCc3c(ccc4cc(O)ccc34)C1CC(O)C2=O. The second-order valence-electron chi connectivity index (χ2n) is 6.62. The summed E-state index contributed by atoms with van der Waals surface area (Å²) in [5.74, 6) is 0.389. The van der Waals surface area contributed by atoms with Crippen molar-refractivity contribution in [3.63, 3.8) is 0 Å². The van der Waals surface area contributed by atoms with Gasteiger partial charge in [-0.05, 0) is 59.2 Å². The van der Waals surface area contributed by atoms with Crippen molar-refractivity contribution in [3.05, 3.63) is 41.5 Å². The van der Waals surface area contributed by atoms with Crippen molar-refractivity contribution in [1.29, 1.82) is 0 Å². The van der Waals surface area contributed by atoms with Gasteiger partial charge in [0, 0.05) is 5.41 Å². The van der Waals surface area contributed by atoms with Gasteiger partial charge in [0.2, 0.25) is 0 Å². The molecule has 0 amide bonds. The molecule has 3 atom stereocenters. The van der Waals surface area contributed by atoms with E-state index in [2.05, 4.69) is 6.07 Å². The minimum absolute atomic E-state index is 0.00366. The largest absolute Gasteiger partial charge is 0.508 e. The van der Waals surface area contributed by atoms with E-state index < -0.39 is 11.5 Å². The van der Waals surface area contributed by atoms with Crippen LogP contribution in [0.2, 0.25) is 0 Å². The summed E-state index contributed by atoms with van der Waals surface area (Å²) in [7, 11) is 0. The first kappa shape index (κ1) is 12.8. The van der Waals surface area contributed by atoms with E-state index in [0.717, 1.165) is 23.6 Å². The maximum Gasteiger partial charge on any atom is 0.167 e. The molecule has 2 aliphatic rings. The van der Waals surface area contributed by atoms with Crippen LogP contribution in [0.3, 0.4) is 0 Å². The first-order valence-corrected chi connectivity index (χ1v) is 7.47. The van der Waals surface area contributed by atoms with Gasteiger partial charge < -0.3 is 10.2 Å². The van der Waals surface area contributed by atoms with E-state index >= 15 is 0 Å². The Morgan fingerprint density at radius 3 is 2.86 bits per heavy atom. The van der Waals surface area contributed by atoms with Crippen LogP contribution in [0.1, 0.15) is 36.8 Å². The molecule has 1 saturated carbocycles. The van der Waals surface area contributed by atoms with Crippen molar-refractivity contribution in [2.24, 2.45) is 5.41 Å². The lowest BCUT2D eigenvalue weighted by molar-refractivity contribution is -0.132. The Morgan fingerprint density at radius 2 is 2.05 bits per heavy atom. The second kappa shape index (κ2) is 4.08. The van der Waals surface area contributed by atoms with Crippen molar-refractivity contribution in [2.75, 3.05) is 0 Å². The molecular weight excluding hydrogens is 264 g/mol. The Balaban J connectivity index is 1.93. The van der Waals surface area contributed by atoms with E-state index in [1.807, 2.05) is 19.1 Å². The van der Waals surface area contributed by atoms with Crippen molar-refractivity contribution < 1.29 is 15.0 Å². The van der Waals surface area contributed by atoms with Gasteiger partial charge in [-0.15, -0.1) is 0 Å². The van der Waals surface area contributed by atoms with Crippen LogP contribution >= 0.6 is 0 Å². The Kier molecular flexibility index (Phi) is 2.49. The third kappa shape index (κ3) is 1.61. The zero-order valence-electron chi connectivity index (χ0n) is 12.0. The molecule has 4 rings (SSSR count). The highest BCUT2D eigenvalue weighted by Crippen LogP contribution is 2.54. The molecule has 0 aliphatic heterocycles.